The van der Waals surface area contributed by atoms with E-state index >= 15 is 0 Å². The van der Waals surface area contributed by atoms with Crippen molar-refractivity contribution >= 4 is 28.4 Å². The Bertz CT molecular complexity index is 2360. The molecule has 1 aromatic heterocycles. The predicted octanol–water partition coefficient (Wildman–Crippen LogP) is 9.34. The molecule has 0 saturated carbocycles. The highest BCUT2D eigenvalue weighted by Gasteiger charge is 2.40. The number of benzene rings is 4. The number of aryl methyl sites for hydroxylation is 2. The monoisotopic (exact) mass is 635 g/mol. The van der Waals surface area contributed by atoms with E-state index in [4.69, 9.17) is 5.73 Å². The Balaban J connectivity index is 1.49. The average molecular weight is 636 g/mol. The minimum atomic E-state index is -4.73. The molecular weight excluding hydrogens is 607 g/mol. The van der Waals surface area contributed by atoms with Gasteiger partial charge >= 0.3 is 6.18 Å². The summed E-state index contributed by atoms with van der Waals surface area (Å²) in [6.45, 7) is 2.03. The number of rotatable bonds is 3. The number of aromatic nitrogens is 1. The predicted molar refractivity (Wildman–Crippen MR) is 182 cm³/mol. The zero-order valence-corrected chi connectivity index (χ0v) is 25.9. The van der Waals surface area contributed by atoms with Gasteiger partial charge in [0.15, 0.2) is 0 Å². The Labute approximate surface area is 275 Å². The molecule has 8 heteroatoms. The van der Waals surface area contributed by atoms with E-state index in [2.05, 4.69) is 23.1 Å². The molecule has 0 fully saturated rings. The lowest BCUT2D eigenvalue weighted by Gasteiger charge is -2.31. The van der Waals surface area contributed by atoms with Gasteiger partial charge in [0.2, 0.25) is 0 Å². The number of hydrogen-bond donors (Lipinski definition) is 1. The van der Waals surface area contributed by atoms with E-state index in [0.717, 1.165) is 57.9 Å². The van der Waals surface area contributed by atoms with E-state index in [1.807, 2.05) is 78.3 Å². The molecule has 2 atom stereocenters. The van der Waals surface area contributed by atoms with E-state index < -0.39 is 11.7 Å². The number of anilines is 2. The van der Waals surface area contributed by atoms with Crippen LogP contribution in [0.2, 0.25) is 0 Å². The van der Waals surface area contributed by atoms with Gasteiger partial charge in [0.05, 0.1) is 45.7 Å². The number of halogens is 3. The summed E-state index contributed by atoms with van der Waals surface area (Å²) in [6, 6.07) is 25.1. The van der Waals surface area contributed by atoms with Crippen molar-refractivity contribution in [2.45, 2.75) is 37.9 Å². The molecule has 0 radical (unpaired) electrons. The van der Waals surface area contributed by atoms with Gasteiger partial charge in [0.1, 0.15) is 6.07 Å². The van der Waals surface area contributed by atoms with Crippen molar-refractivity contribution in [1.29, 1.82) is 10.5 Å². The van der Waals surface area contributed by atoms with Crippen molar-refractivity contribution in [2.24, 2.45) is 5.73 Å². The van der Waals surface area contributed by atoms with Crippen LogP contribution in [0, 0.1) is 29.6 Å². The summed E-state index contributed by atoms with van der Waals surface area (Å²) in [7, 11) is 0. The zero-order valence-electron chi connectivity index (χ0n) is 25.9. The smallest absolute Gasteiger partial charge is 0.399 e. The number of nitriles is 2. The molecule has 8 rings (SSSR count). The van der Waals surface area contributed by atoms with E-state index in [0.29, 0.717) is 22.6 Å². The molecule has 2 heterocycles. The van der Waals surface area contributed by atoms with Crippen LogP contribution < -0.4 is 10.6 Å². The highest BCUT2D eigenvalue weighted by atomic mass is 19.4. The molecule has 2 N–H and O–H groups in total. The molecule has 5 aromatic rings. The topological polar surface area (TPSA) is 81.8 Å². The van der Waals surface area contributed by atoms with Gasteiger partial charge in [-0.05, 0) is 96.6 Å². The Morgan fingerprint density at radius 1 is 0.896 bits per heavy atom. The summed E-state index contributed by atoms with van der Waals surface area (Å²) in [4.78, 5) is 2.06. The Kier molecular flexibility index (Phi) is 6.61. The largest absolute Gasteiger partial charge is 0.417 e. The lowest BCUT2D eigenvalue weighted by molar-refractivity contribution is -0.137. The second kappa shape index (κ2) is 10.8. The standard InChI is InChI=1S/C40H28F3N5/c1-23-10-14-36-30(16-23)28-6-2-4-8-34(28)47(36)38-18-25(27-13-11-24(21-44)17-33(27)40(41,42)43)19-39(32(38)22-45)48-35-9-5-3-7-29(35)31-20-26(46)12-15-37(31)48/h3-5,7-20,31,37H,2,6,46H2,1H3. The molecule has 0 spiro atoms. The van der Waals surface area contributed by atoms with Crippen LogP contribution in [0.4, 0.5) is 24.5 Å². The Morgan fingerprint density at radius 2 is 1.71 bits per heavy atom. The zero-order chi connectivity index (χ0) is 33.3. The summed E-state index contributed by atoms with van der Waals surface area (Å²) in [5, 5.41) is 21.5. The van der Waals surface area contributed by atoms with Crippen LogP contribution in [-0.4, -0.2) is 10.6 Å². The van der Waals surface area contributed by atoms with Gasteiger partial charge in [-0.3, -0.25) is 0 Å². The molecule has 2 unspecified atom stereocenters. The quantitative estimate of drug-likeness (QED) is 0.214. The van der Waals surface area contributed by atoms with Crippen LogP contribution >= 0.6 is 0 Å². The first-order valence-electron chi connectivity index (χ1n) is 15.7. The molecule has 1 aliphatic heterocycles. The molecule has 0 saturated heterocycles. The molecular formula is C40H28F3N5. The third-order valence-electron chi connectivity index (χ3n) is 9.66. The van der Waals surface area contributed by atoms with Gasteiger partial charge < -0.3 is 15.2 Å². The fourth-order valence-corrected chi connectivity index (χ4v) is 7.61. The van der Waals surface area contributed by atoms with Gasteiger partial charge in [0.25, 0.3) is 0 Å². The number of para-hydroxylation sites is 1. The van der Waals surface area contributed by atoms with Gasteiger partial charge in [-0.1, -0.05) is 54.1 Å². The maximum atomic E-state index is 14.7. The van der Waals surface area contributed by atoms with Gasteiger partial charge in [0, 0.05) is 28.4 Å². The van der Waals surface area contributed by atoms with Crippen LogP contribution in [0.15, 0.2) is 103 Å². The number of hydrogen-bond acceptors (Lipinski definition) is 4. The highest BCUT2D eigenvalue weighted by Crippen LogP contribution is 2.51. The summed E-state index contributed by atoms with van der Waals surface area (Å²) < 4.78 is 46.1. The summed E-state index contributed by atoms with van der Waals surface area (Å²) in [6.07, 6.45) is 6.91. The number of nitrogens with two attached hydrogens (primary N) is 1. The summed E-state index contributed by atoms with van der Waals surface area (Å²) in [5.41, 5.74) is 13.3. The molecule has 2 aliphatic carbocycles. The minimum absolute atomic E-state index is 0.0717. The average Bonchev–Trinajstić information content (AvgIpc) is 3.59. The molecule has 4 aromatic carbocycles. The van der Waals surface area contributed by atoms with E-state index in [9.17, 15) is 23.7 Å². The summed E-state index contributed by atoms with van der Waals surface area (Å²) in [5.74, 6) is -0.114. The first kappa shape index (κ1) is 29.4. The van der Waals surface area contributed by atoms with Crippen LogP contribution in [0.25, 0.3) is 33.8 Å². The van der Waals surface area contributed by atoms with E-state index in [1.165, 1.54) is 12.1 Å². The molecule has 48 heavy (non-hydrogen) atoms. The van der Waals surface area contributed by atoms with Crippen molar-refractivity contribution in [2.75, 3.05) is 4.90 Å². The van der Waals surface area contributed by atoms with Crippen molar-refractivity contribution in [3.63, 3.8) is 0 Å². The lowest BCUT2D eigenvalue weighted by Crippen LogP contribution is -2.30. The molecule has 0 amide bonds. The van der Waals surface area contributed by atoms with Gasteiger partial charge in [-0.2, -0.15) is 23.7 Å². The van der Waals surface area contributed by atoms with Crippen molar-refractivity contribution in [3.8, 4) is 29.0 Å². The SMILES string of the molecule is Cc1ccc2c(c1)c1c(n2-c2cc(-c3ccc(C#N)cc3C(F)(F)F)cc(N3c4ccccc4C4C=C(N)C=CC43)c2C#N)C=CCC1. The Morgan fingerprint density at radius 3 is 2.50 bits per heavy atom. The number of nitrogens with zero attached hydrogens (tertiary/aromatic N) is 4. The normalized spacial score (nSPS) is 17.8. The second-order valence-electron chi connectivity index (χ2n) is 12.5. The van der Waals surface area contributed by atoms with Crippen LogP contribution in [-0.2, 0) is 12.6 Å². The maximum absolute atomic E-state index is 14.7. The molecule has 3 aliphatic rings. The van der Waals surface area contributed by atoms with Crippen molar-refractivity contribution in [1.82, 2.24) is 4.57 Å². The minimum Gasteiger partial charge on any atom is -0.399 e. The van der Waals surface area contributed by atoms with E-state index in [1.54, 1.807) is 12.1 Å². The summed E-state index contributed by atoms with van der Waals surface area (Å²) >= 11 is 0. The Hall–Kier alpha value is -5.99. The highest BCUT2D eigenvalue weighted by molar-refractivity contribution is 5.94. The third kappa shape index (κ3) is 4.45. The van der Waals surface area contributed by atoms with E-state index in [-0.39, 0.29) is 28.7 Å². The third-order valence-corrected chi connectivity index (χ3v) is 9.66. The van der Waals surface area contributed by atoms with Crippen LogP contribution in [0.3, 0.4) is 0 Å². The molecule has 0 bridgehead atoms. The van der Waals surface area contributed by atoms with Crippen molar-refractivity contribution < 1.29 is 13.2 Å². The number of alkyl halides is 3. The molecule has 234 valence electrons. The van der Waals surface area contributed by atoms with Crippen molar-refractivity contribution in [3.05, 3.63) is 142 Å². The maximum Gasteiger partial charge on any atom is 0.417 e. The fraction of sp³-hybridized carbons (Fsp3) is 0.150. The molecule has 5 nitrogen and oxygen atoms in total. The van der Waals surface area contributed by atoms with Crippen LogP contribution in [0.1, 0.15) is 51.4 Å². The number of allylic oxidation sites excluding steroid dienone is 2. The second-order valence-corrected chi connectivity index (χ2v) is 12.5. The fourth-order valence-electron chi connectivity index (χ4n) is 7.61. The van der Waals surface area contributed by atoms with Gasteiger partial charge in [-0.15, -0.1) is 0 Å². The van der Waals surface area contributed by atoms with Gasteiger partial charge in [-0.25, -0.2) is 0 Å². The first-order chi connectivity index (χ1) is 23.2. The lowest BCUT2D eigenvalue weighted by atomic mass is 9.90. The number of fused-ring (bicyclic) bond motifs is 6. The van der Waals surface area contributed by atoms with Crippen LogP contribution in [0.5, 0.6) is 0 Å². The first-order valence-corrected chi connectivity index (χ1v) is 15.7.